The predicted octanol–water partition coefficient (Wildman–Crippen LogP) is 3.52. The largest absolute Gasteiger partial charge is 0.355 e. The standard InChI is InChI=1S/C26H28N6O2/c1-18-7-12-23(29-17-18)31-26(34)21-5-2-3-6-22(21)30-25(33)20-10-8-19(9-11-20)24(27)32-15-4-13-28-14-16-32/h2-3,5-12,17,27-28H,4,13-16H2,1H3,(H,30,33)(H,29,31,34). The summed E-state index contributed by atoms with van der Waals surface area (Å²) in [5.74, 6) is 0.214. The number of benzene rings is 2. The Labute approximate surface area is 198 Å². The van der Waals surface area contributed by atoms with Gasteiger partial charge in [-0.2, -0.15) is 0 Å². The molecule has 4 rings (SSSR count). The molecule has 8 nitrogen and oxygen atoms in total. The molecule has 0 bridgehead atoms. The van der Waals surface area contributed by atoms with Crippen LogP contribution in [0.25, 0.3) is 0 Å². The van der Waals surface area contributed by atoms with Gasteiger partial charge in [-0.25, -0.2) is 4.98 Å². The maximum atomic E-state index is 12.9. The number of nitrogens with one attached hydrogen (secondary N) is 4. The molecule has 34 heavy (non-hydrogen) atoms. The molecule has 1 fully saturated rings. The van der Waals surface area contributed by atoms with Crippen molar-refractivity contribution in [1.29, 1.82) is 5.41 Å². The van der Waals surface area contributed by atoms with Gasteiger partial charge in [0, 0.05) is 37.0 Å². The molecule has 0 atom stereocenters. The lowest BCUT2D eigenvalue weighted by molar-refractivity contribution is 0.102. The fourth-order valence-corrected chi connectivity index (χ4v) is 3.74. The zero-order chi connectivity index (χ0) is 23.9. The van der Waals surface area contributed by atoms with E-state index in [1.54, 1.807) is 60.8 Å². The van der Waals surface area contributed by atoms with E-state index in [4.69, 9.17) is 5.41 Å². The van der Waals surface area contributed by atoms with Crippen molar-refractivity contribution in [2.45, 2.75) is 13.3 Å². The van der Waals surface area contributed by atoms with Crippen LogP contribution in [0, 0.1) is 12.3 Å². The molecule has 0 radical (unpaired) electrons. The second kappa shape index (κ2) is 10.7. The lowest BCUT2D eigenvalue weighted by Gasteiger charge is -2.23. The van der Waals surface area contributed by atoms with Crippen molar-refractivity contribution in [3.63, 3.8) is 0 Å². The van der Waals surface area contributed by atoms with Crippen LogP contribution in [0.1, 0.15) is 38.3 Å². The van der Waals surface area contributed by atoms with E-state index in [9.17, 15) is 9.59 Å². The molecule has 0 saturated carbocycles. The minimum Gasteiger partial charge on any atom is -0.355 e. The molecular formula is C26H28N6O2. The van der Waals surface area contributed by atoms with E-state index in [2.05, 4.69) is 20.9 Å². The van der Waals surface area contributed by atoms with Crippen LogP contribution in [0.15, 0.2) is 66.9 Å². The van der Waals surface area contributed by atoms with E-state index in [0.717, 1.165) is 43.7 Å². The summed E-state index contributed by atoms with van der Waals surface area (Å²) in [5.41, 5.74) is 2.96. The van der Waals surface area contributed by atoms with Gasteiger partial charge < -0.3 is 20.9 Å². The zero-order valence-corrected chi connectivity index (χ0v) is 19.1. The number of amidine groups is 1. The van der Waals surface area contributed by atoms with Crippen LogP contribution in [0.4, 0.5) is 11.5 Å². The molecule has 2 amide bonds. The summed E-state index contributed by atoms with van der Waals surface area (Å²) in [7, 11) is 0. The third kappa shape index (κ3) is 5.65. The predicted molar refractivity (Wildman–Crippen MR) is 134 cm³/mol. The van der Waals surface area contributed by atoms with Crippen molar-refractivity contribution in [2.24, 2.45) is 0 Å². The van der Waals surface area contributed by atoms with E-state index >= 15 is 0 Å². The molecule has 3 aromatic rings. The van der Waals surface area contributed by atoms with Gasteiger partial charge in [0.05, 0.1) is 11.3 Å². The van der Waals surface area contributed by atoms with Crippen LogP contribution in [0.5, 0.6) is 0 Å². The Hall–Kier alpha value is -4.04. The summed E-state index contributed by atoms with van der Waals surface area (Å²) in [6, 6.07) is 17.4. The van der Waals surface area contributed by atoms with E-state index in [0.29, 0.717) is 28.5 Å². The van der Waals surface area contributed by atoms with Crippen LogP contribution in [-0.4, -0.2) is 53.7 Å². The van der Waals surface area contributed by atoms with Crippen molar-refractivity contribution >= 4 is 29.2 Å². The monoisotopic (exact) mass is 456 g/mol. The van der Waals surface area contributed by atoms with Gasteiger partial charge in [-0.1, -0.05) is 30.3 Å². The Bertz CT molecular complexity index is 1170. The minimum absolute atomic E-state index is 0.328. The van der Waals surface area contributed by atoms with Crippen molar-refractivity contribution in [2.75, 3.05) is 36.8 Å². The third-order valence-electron chi connectivity index (χ3n) is 5.65. The third-order valence-corrected chi connectivity index (χ3v) is 5.65. The second-order valence-electron chi connectivity index (χ2n) is 8.19. The van der Waals surface area contributed by atoms with Crippen LogP contribution in [-0.2, 0) is 0 Å². The van der Waals surface area contributed by atoms with Gasteiger partial charge in [-0.3, -0.25) is 15.0 Å². The van der Waals surface area contributed by atoms with E-state index in [1.807, 2.05) is 17.9 Å². The number of pyridine rings is 1. The van der Waals surface area contributed by atoms with Crippen molar-refractivity contribution in [3.05, 3.63) is 89.1 Å². The molecule has 0 spiro atoms. The van der Waals surface area contributed by atoms with E-state index in [1.165, 1.54) is 0 Å². The lowest BCUT2D eigenvalue weighted by atomic mass is 10.1. The Morgan fingerprint density at radius 2 is 1.68 bits per heavy atom. The number of para-hydroxylation sites is 1. The number of carbonyl (C=O) groups is 2. The summed E-state index contributed by atoms with van der Waals surface area (Å²) in [5, 5.41) is 17.4. The normalized spacial score (nSPS) is 13.6. The molecule has 0 aliphatic carbocycles. The summed E-state index contributed by atoms with van der Waals surface area (Å²) in [4.78, 5) is 31.9. The molecule has 2 heterocycles. The first kappa shape index (κ1) is 23.1. The number of carbonyl (C=O) groups excluding carboxylic acids is 2. The summed E-state index contributed by atoms with van der Waals surface area (Å²) in [6.07, 6.45) is 2.67. The average molecular weight is 457 g/mol. The zero-order valence-electron chi connectivity index (χ0n) is 19.1. The SMILES string of the molecule is Cc1ccc(NC(=O)c2ccccc2NC(=O)c2ccc(C(=N)N3CCCNCC3)cc2)nc1. The number of aromatic nitrogens is 1. The molecule has 1 aliphatic rings. The van der Waals surface area contributed by atoms with Crippen molar-refractivity contribution in [3.8, 4) is 0 Å². The second-order valence-corrected chi connectivity index (χ2v) is 8.19. The number of amides is 2. The highest BCUT2D eigenvalue weighted by atomic mass is 16.2. The lowest BCUT2D eigenvalue weighted by Crippen LogP contribution is -2.34. The Balaban J connectivity index is 1.44. The molecule has 1 saturated heterocycles. The topological polar surface area (TPSA) is 110 Å². The molecule has 0 unspecified atom stereocenters. The fraction of sp³-hybridized carbons (Fsp3) is 0.231. The average Bonchev–Trinajstić information content (AvgIpc) is 3.15. The van der Waals surface area contributed by atoms with Crippen LogP contribution in [0.3, 0.4) is 0 Å². The molecule has 4 N–H and O–H groups in total. The number of aryl methyl sites for hydroxylation is 1. The fourth-order valence-electron chi connectivity index (χ4n) is 3.74. The minimum atomic E-state index is -0.358. The van der Waals surface area contributed by atoms with Gasteiger partial charge in [0.25, 0.3) is 11.8 Å². The number of nitrogens with zero attached hydrogens (tertiary/aromatic N) is 2. The highest BCUT2D eigenvalue weighted by Crippen LogP contribution is 2.19. The number of rotatable bonds is 5. The van der Waals surface area contributed by atoms with Gasteiger partial charge in [0.1, 0.15) is 11.7 Å². The maximum Gasteiger partial charge on any atom is 0.258 e. The van der Waals surface area contributed by atoms with E-state index < -0.39 is 0 Å². The Kier molecular flexibility index (Phi) is 7.29. The molecule has 1 aliphatic heterocycles. The number of hydrogen-bond donors (Lipinski definition) is 4. The van der Waals surface area contributed by atoms with Crippen LogP contribution in [0.2, 0.25) is 0 Å². The highest BCUT2D eigenvalue weighted by molar-refractivity contribution is 6.12. The first-order chi connectivity index (χ1) is 16.5. The molecule has 1 aromatic heterocycles. The molecule has 174 valence electrons. The summed E-state index contributed by atoms with van der Waals surface area (Å²) >= 11 is 0. The van der Waals surface area contributed by atoms with E-state index in [-0.39, 0.29) is 11.8 Å². The Morgan fingerprint density at radius 1 is 0.912 bits per heavy atom. The first-order valence-corrected chi connectivity index (χ1v) is 11.3. The van der Waals surface area contributed by atoms with Crippen LogP contribution >= 0.6 is 0 Å². The molecular weight excluding hydrogens is 428 g/mol. The Morgan fingerprint density at radius 3 is 2.44 bits per heavy atom. The molecule has 2 aromatic carbocycles. The molecule has 8 heteroatoms. The smallest absolute Gasteiger partial charge is 0.258 e. The van der Waals surface area contributed by atoms with Gasteiger partial charge in [0.15, 0.2) is 0 Å². The van der Waals surface area contributed by atoms with Crippen molar-refractivity contribution < 1.29 is 9.59 Å². The summed E-state index contributed by atoms with van der Waals surface area (Å²) in [6.45, 7) is 5.37. The quantitative estimate of drug-likeness (QED) is 0.347. The van der Waals surface area contributed by atoms with Gasteiger partial charge >= 0.3 is 0 Å². The first-order valence-electron chi connectivity index (χ1n) is 11.3. The number of anilines is 2. The van der Waals surface area contributed by atoms with Gasteiger partial charge in [-0.05, 0) is 55.8 Å². The summed E-state index contributed by atoms with van der Waals surface area (Å²) < 4.78 is 0. The van der Waals surface area contributed by atoms with Gasteiger partial charge in [-0.15, -0.1) is 0 Å². The van der Waals surface area contributed by atoms with Crippen LogP contribution < -0.4 is 16.0 Å². The van der Waals surface area contributed by atoms with Crippen molar-refractivity contribution in [1.82, 2.24) is 15.2 Å². The van der Waals surface area contributed by atoms with Gasteiger partial charge in [0.2, 0.25) is 0 Å². The maximum absolute atomic E-state index is 12.9. The number of hydrogen-bond acceptors (Lipinski definition) is 5. The highest BCUT2D eigenvalue weighted by Gasteiger charge is 2.17.